The Labute approximate surface area is 376 Å². The molecule has 3 aromatic carbocycles. The van der Waals surface area contributed by atoms with E-state index in [4.69, 9.17) is 4.98 Å². The molecule has 2 aromatic heterocycles. The van der Waals surface area contributed by atoms with Gasteiger partial charge in [0, 0.05) is 64.7 Å². The molecule has 1 radical (unpaired) electrons. The van der Waals surface area contributed by atoms with Crippen LogP contribution in [-0.2, 0) is 35.7 Å². The van der Waals surface area contributed by atoms with Gasteiger partial charge < -0.3 is 5.11 Å². The van der Waals surface area contributed by atoms with Gasteiger partial charge in [0.25, 0.3) is 0 Å². The van der Waals surface area contributed by atoms with E-state index in [1.165, 1.54) is 75.7 Å². The topological polar surface area (TPSA) is 50.2 Å². The summed E-state index contributed by atoms with van der Waals surface area (Å²) in [4.78, 5) is 16.7. The number of benzene rings is 3. The van der Waals surface area contributed by atoms with Gasteiger partial charge in [0.1, 0.15) is 0 Å². The minimum atomic E-state index is 0. The summed E-state index contributed by atoms with van der Waals surface area (Å²) >= 11 is 1.93. The molecule has 0 aliphatic heterocycles. The molecule has 59 heavy (non-hydrogen) atoms. The van der Waals surface area contributed by atoms with Crippen molar-refractivity contribution in [2.75, 3.05) is 0 Å². The van der Waals surface area contributed by atoms with Gasteiger partial charge in [-0.15, -0.1) is 40.5 Å². The van der Waals surface area contributed by atoms with Gasteiger partial charge in [0.15, 0.2) is 5.78 Å². The molecule has 5 rings (SSSR count). The number of aliphatic hydroxyl groups excluding tert-OH is 1. The van der Waals surface area contributed by atoms with Crippen LogP contribution in [0.4, 0.5) is 0 Å². The van der Waals surface area contributed by atoms with Gasteiger partial charge in [-0.05, 0) is 77.3 Å². The van der Waals surface area contributed by atoms with E-state index in [2.05, 4.69) is 123 Å². The van der Waals surface area contributed by atoms with E-state index in [1.54, 1.807) is 5.56 Å². The van der Waals surface area contributed by atoms with Gasteiger partial charge >= 0.3 is 0 Å². The molecule has 0 aliphatic carbocycles. The van der Waals surface area contributed by atoms with E-state index in [0.717, 1.165) is 42.3 Å². The molecule has 1 N–H and O–H groups in total. The average Bonchev–Trinajstić information content (AvgIpc) is 3.60. The van der Waals surface area contributed by atoms with Crippen molar-refractivity contribution >= 4 is 48.1 Å². The predicted octanol–water partition coefficient (Wildman–Crippen LogP) is 16.8. The third kappa shape index (κ3) is 10.6. The zero-order valence-corrected chi connectivity index (χ0v) is 42.1. The number of hydrogen-bond acceptors (Lipinski definition) is 4. The van der Waals surface area contributed by atoms with Crippen molar-refractivity contribution in [1.82, 2.24) is 4.98 Å². The molecule has 2 heterocycles. The Morgan fingerprint density at radius 3 is 1.75 bits per heavy atom. The number of pyridine rings is 1. The first-order valence-corrected chi connectivity index (χ1v) is 23.8. The second-order valence-corrected chi connectivity index (χ2v) is 18.8. The van der Waals surface area contributed by atoms with Crippen LogP contribution >= 0.6 is 11.3 Å². The Kier molecular flexibility index (Phi) is 19.5. The first-order chi connectivity index (χ1) is 27.8. The van der Waals surface area contributed by atoms with Crippen LogP contribution in [0.25, 0.3) is 42.2 Å². The van der Waals surface area contributed by atoms with Gasteiger partial charge in [-0.2, -0.15) is 0 Å². The van der Waals surface area contributed by atoms with Crippen LogP contribution in [0.3, 0.4) is 0 Å². The van der Waals surface area contributed by atoms with Gasteiger partial charge in [0.05, 0.1) is 5.76 Å². The van der Waals surface area contributed by atoms with E-state index in [1.807, 2.05) is 45.2 Å². The number of carbonyl (C=O) groups is 1. The number of ketones is 1. The van der Waals surface area contributed by atoms with Crippen molar-refractivity contribution in [3.63, 3.8) is 0 Å². The third-order valence-corrected chi connectivity index (χ3v) is 15.0. The number of nitrogens with zero attached hydrogens (tertiary/aromatic N) is 1. The average molecular weight is 995 g/mol. The summed E-state index contributed by atoms with van der Waals surface area (Å²) < 4.78 is 2.67. The fraction of sp³-hybridized carbons (Fsp3) is 0.556. The monoisotopic (exact) mass is 996 g/mol. The Morgan fingerprint density at radius 1 is 0.695 bits per heavy atom. The van der Waals surface area contributed by atoms with Crippen molar-refractivity contribution in [2.45, 2.75) is 165 Å². The van der Waals surface area contributed by atoms with Crippen LogP contribution in [0.1, 0.15) is 165 Å². The van der Waals surface area contributed by atoms with Crippen LogP contribution in [0.15, 0.2) is 72.6 Å². The molecule has 5 aromatic rings. The molecule has 0 bridgehead atoms. The van der Waals surface area contributed by atoms with Gasteiger partial charge in [-0.1, -0.05) is 170 Å². The first kappa shape index (κ1) is 50.5. The van der Waals surface area contributed by atoms with E-state index in [0.29, 0.717) is 17.8 Å². The quantitative estimate of drug-likeness (QED) is 0.0541. The van der Waals surface area contributed by atoms with E-state index in [9.17, 15) is 9.90 Å². The van der Waals surface area contributed by atoms with Crippen molar-refractivity contribution in [2.24, 2.45) is 29.6 Å². The Hall–Kier alpha value is -2.85. The minimum Gasteiger partial charge on any atom is -0.512 e. The zero-order chi connectivity index (χ0) is 42.8. The van der Waals surface area contributed by atoms with E-state index in [-0.39, 0.29) is 54.3 Å². The second-order valence-electron chi connectivity index (χ2n) is 17.7. The summed E-state index contributed by atoms with van der Waals surface area (Å²) in [7, 11) is 0. The maximum atomic E-state index is 11.7. The molecule has 0 aliphatic rings. The first-order valence-electron chi connectivity index (χ1n) is 23.0. The SMILES string of the molecule is CCC(CC)C(=O)/C=C(\O)C(CC)CC.CCC(CC)C(c1ccc2c(c1)sc1c(-c3[c-]c4ccccc4c(C(C)(C)C)c3)nccc12)(C(CC)CC)C(CC)CC.[Ir]. The summed E-state index contributed by atoms with van der Waals surface area (Å²) in [5.74, 6) is 2.57. The van der Waals surface area contributed by atoms with Gasteiger partial charge in [0.2, 0.25) is 0 Å². The van der Waals surface area contributed by atoms with Crippen molar-refractivity contribution in [3.8, 4) is 11.3 Å². The van der Waals surface area contributed by atoms with Gasteiger partial charge in [-0.3, -0.25) is 9.78 Å². The number of rotatable bonds is 18. The number of fused-ring (bicyclic) bond motifs is 4. The molecule has 0 saturated carbocycles. The molecule has 0 atom stereocenters. The summed E-state index contributed by atoms with van der Waals surface area (Å²) in [6.45, 7) is 29.5. The fourth-order valence-electron chi connectivity index (χ4n) is 10.5. The van der Waals surface area contributed by atoms with Crippen molar-refractivity contribution in [3.05, 3.63) is 89.8 Å². The maximum absolute atomic E-state index is 11.7. The molecule has 0 unspecified atom stereocenters. The van der Waals surface area contributed by atoms with Crippen LogP contribution in [-0.4, -0.2) is 15.9 Å². The van der Waals surface area contributed by atoms with Gasteiger partial charge in [-0.25, -0.2) is 0 Å². The third-order valence-electron chi connectivity index (χ3n) is 13.8. The fourth-order valence-corrected chi connectivity index (χ4v) is 11.8. The number of carbonyl (C=O) groups excluding carboxylic acids is 1. The maximum Gasteiger partial charge on any atom is 0.162 e. The van der Waals surface area contributed by atoms with Crippen molar-refractivity contribution in [1.29, 1.82) is 0 Å². The predicted molar refractivity (Wildman–Crippen MR) is 255 cm³/mol. The summed E-state index contributed by atoms with van der Waals surface area (Å²) in [5, 5.41) is 14.9. The van der Waals surface area contributed by atoms with E-state index < -0.39 is 0 Å². The van der Waals surface area contributed by atoms with Crippen LogP contribution in [0.5, 0.6) is 0 Å². The smallest absolute Gasteiger partial charge is 0.162 e. The van der Waals surface area contributed by atoms with Crippen LogP contribution in [0.2, 0.25) is 0 Å². The van der Waals surface area contributed by atoms with Crippen LogP contribution in [0, 0.1) is 35.7 Å². The normalized spacial score (nSPS) is 12.7. The summed E-state index contributed by atoms with van der Waals surface area (Å²) in [6, 6.07) is 24.6. The summed E-state index contributed by atoms with van der Waals surface area (Å²) in [5.41, 5.74) is 5.29. The zero-order valence-electron chi connectivity index (χ0n) is 38.9. The Balaban J connectivity index is 0.000000496. The molecule has 5 heteroatoms. The molecule has 0 fully saturated rings. The molecular weight excluding hydrogens is 919 g/mol. The number of hydrogen-bond donors (Lipinski definition) is 1. The number of aromatic nitrogens is 1. The largest absolute Gasteiger partial charge is 0.512 e. The second kappa shape index (κ2) is 22.8. The molecule has 3 nitrogen and oxygen atoms in total. The van der Waals surface area contributed by atoms with Crippen LogP contribution < -0.4 is 0 Å². The molecule has 325 valence electrons. The Morgan fingerprint density at radius 2 is 1.24 bits per heavy atom. The standard InChI is InChI=1S/C41H52NS.C13H24O2.Ir/c1-10-29(11-2)41(30(12-3)13-4,31(14-5)15-6)32-20-21-34-35-22-23-42-38(39(35)43-37(34)26-32)28-24-27-18-16-17-19-33(27)36(25-28)40(7,8)9;1-5-10(6-2)12(14)9-13(15)11(7-3)8-4;/h16-23,25-26,29-31H,10-15H2,1-9H3;9-11,14H,5-8H2,1-4H3;/q-1;;/b;12-9-;. The number of aliphatic hydroxyl groups is 1. The molecule has 0 amide bonds. The van der Waals surface area contributed by atoms with E-state index >= 15 is 0 Å². The Bertz CT molecular complexity index is 2070. The molecular formula is C54H76IrNO2S-. The van der Waals surface area contributed by atoms with Crippen molar-refractivity contribution < 1.29 is 30.0 Å². The molecule has 0 spiro atoms. The number of allylic oxidation sites excluding steroid dienone is 2. The summed E-state index contributed by atoms with van der Waals surface area (Å²) in [6.07, 6.45) is 14.3. The minimum absolute atomic E-state index is 0. The number of thiophene rings is 1. The molecule has 0 saturated heterocycles.